The van der Waals surface area contributed by atoms with E-state index in [-0.39, 0.29) is 0 Å². The van der Waals surface area contributed by atoms with E-state index in [2.05, 4.69) is 53.4 Å². The summed E-state index contributed by atoms with van der Waals surface area (Å²) >= 11 is 0. The van der Waals surface area contributed by atoms with Crippen LogP contribution in [0.1, 0.15) is 35.7 Å². The summed E-state index contributed by atoms with van der Waals surface area (Å²) < 4.78 is 2.23. The van der Waals surface area contributed by atoms with Crippen molar-refractivity contribution in [2.45, 2.75) is 32.4 Å². The molecule has 1 aliphatic carbocycles. The fraction of sp³-hybridized carbons (Fsp3) is 0.438. The second kappa shape index (κ2) is 5.17. The molecule has 3 nitrogen and oxygen atoms in total. The highest BCUT2D eigenvalue weighted by Crippen LogP contribution is 2.40. The van der Waals surface area contributed by atoms with E-state index in [1.54, 1.807) is 0 Å². The lowest BCUT2D eigenvalue weighted by atomic mass is 10.1. The number of aryl methyl sites for hydroxylation is 1. The number of hydrogen-bond donors (Lipinski definition) is 1. The van der Waals surface area contributed by atoms with Gasteiger partial charge in [0.15, 0.2) is 0 Å². The van der Waals surface area contributed by atoms with Crippen molar-refractivity contribution in [2.75, 3.05) is 7.05 Å². The number of rotatable bonds is 5. The lowest BCUT2D eigenvalue weighted by molar-refractivity contribution is 0.528. The van der Waals surface area contributed by atoms with Crippen molar-refractivity contribution >= 4 is 0 Å². The lowest BCUT2D eigenvalue weighted by Gasteiger charge is -2.13. The summed E-state index contributed by atoms with van der Waals surface area (Å²) in [4.78, 5) is 4.46. The van der Waals surface area contributed by atoms with Crippen LogP contribution in [0.15, 0.2) is 36.8 Å². The van der Waals surface area contributed by atoms with Crippen LogP contribution in [-0.4, -0.2) is 16.6 Å². The Balaban J connectivity index is 1.76. The van der Waals surface area contributed by atoms with Crippen LogP contribution in [0.5, 0.6) is 0 Å². The SMILES string of the molecule is CNC(c1ccn(Cc2ncccc2C)c1)C1CC1. The third kappa shape index (κ3) is 2.71. The minimum Gasteiger partial charge on any atom is -0.348 e. The molecule has 3 heteroatoms. The first-order valence-electron chi connectivity index (χ1n) is 7.01. The van der Waals surface area contributed by atoms with Crippen LogP contribution >= 0.6 is 0 Å². The van der Waals surface area contributed by atoms with Crippen molar-refractivity contribution in [3.05, 3.63) is 53.6 Å². The Bertz CT molecular complexity index is 555. The molecule has 3 rings (SSSR count). The van der Waals surface area contributed by atoms with Crippen molar-refractivity contribution in [1.82, 2.24) is 14.9 Å². The molecule has 0 aromatic carbocycles. The van der Waals surface area contributed by atoms with Crippen molar-refractivity contribution in [3.8, 4) is 0 Å². The highest BCUT2D eigenvalue weighted by atomic mass is 15.0. The maximum Gasteiger partial charge on any atom is 0.0645 e. The normalized spacial score (nSPS) is 16.5. The van der Waals surface area contributed by atoms with Gasteiger partial charge in [0.05, 0.1) is 12.2 Å². The molecular weight excluding hydrogens is 234 g/mol. The molecule has 0 bridgehead atoms. The van der Waals surface area contributed by atoms with Crippen LogP contribution in [0.25, 0.3) is 0 Å². The molecule has 2 aromatic heterocycles. The van der Waals surface area contributed by atoms with E-state index in [0.29, 0.717) is 6.04 Å². The Kier molecular flexibility index (Phi) is 3.38. The molecule has 0 amide bonds. The van der Waals surface area contributed by atoms with Gasteiger partial charge < -0.3 is 9.88 Å². The minimum atomic E-state index is 0.520. The third-order valence-corrected chi connectivity index (χ3v) is 3.99. The van der Waals surface area contributed by atoms with E-state index >= 15 is 0 Å². The Hall–Kier alpha value is -1.61. The highest BCUT2D eigenvalue weighted by Gasteiger charge is 2.31. The van der Waals surface area contributed by atoms with Crippen molar-refractivity contribution in [3.63, 3.8) is 0 Å². The molecule has 1 N–H and O–H groups in total. The lowest BCUT2D eigenvalue weighted by Crippen LogP contribution is -2.17. The van der Waals surface area contributed by atoms with Gasteiger partial charge >= 0.3 is 0 Å². The van der Waals surface area contributed by atoms with Crippen LogP contribution in [0.2, 0.25) is 0 Å². The summed E-state index contributed by atoms with van der Waals surface area (Å²) in [7, 11) is 2.06. The molecular formula is C16H21N3. The van der Waals surface area contributed by atoms with E-state index in [9.17, 15) is 0 Å². The first-order chi connectivity index (χ1) is 9.28. The molecule has 0 radical (unpaired) electrons. The van der Waals surface area contributed by atoms with Crippen LogP contribution < -0.4 is 5.32 Å². The maximum atomic E-state index is 4.46. The van der Waals surface area contributed by atoms with Gasteiger partial charge in [-0.25, -0.2) is 0 Å². The van der Waals surface area contributed by atoms with Gasteiger partial charge in [0.2, 0.25) is 0 Å². The van der Waals surface area contributed by atoms with Gasteiger partial charge in [0, 0.05) is 24.6 Å². The zero-order chi connectivity index (χ0) is 13.2. The summed E-state index contributed by atoms with van der Waals surface area (Å²) in [6.45, 7) is 2.97. The molecule has 0 saturated heterocycles. The largest absolute Gasteiger partial charge is 0.348 e. The summed E-state index contributed by atoms with van der Waals surface area (Å²) in [5.41, 5.74) is 3.81. The van der Waals surface area contributed by atoms with E-state index < -0.39 is 0 Å². The topological polar surface area (TPSA) is 29.9 Å². The molecule has 2 heterocycles. The van der Waals surface area contributed by atoms with Gasteiger partial charge in [0.25, 0.3) is 0 Å². The highest BCUT2D eigenvalue weighted by molar-refractivity contribution is 5.21. The Morgan fingerprint density at radius 1 is 1.42 bits per heavy atom. The maximum absolute atomic E-state index is 4.46. The second-order valence-corrected chi connectivity index (χ2v) is 5.49. The number of nitrogens with one attached hydrogen (secondary N) is 1. The quantitative estimate of drug-likeness (QED) is 0.890. The molecule has 0 spiro atoms. The molecule has 100 valence electrons. The molecule has 1 aliphatic rings. The fourth-order valence-electron chi connectivity index (χ4n) is 2.70. The van der Waals surface area contributed by atoms with Crippen LogP contribution in [0.3, 0.4) is 0 Å². The molecule has 1 saturated carbocycles. The van der Waals surface area contributed by atoms with Gasteiger partial charge in [-0.2, -0.15) is 0 Å². The number of nitrogens with zero attached hydrogens (tertiary/aromatic N) is 2. The standard InChI is InChI=1S/C16H21N3/c1-12-4-3-8-18-15(12)11-19-9-7-14(10-19)16(17-2)13-5-6-13/h3-4,7-10,13,16-17H,5-6,11H2,1-2H3. The Morgan fingerprint density at radius 2 is 2.26 bits per heavy atom. The summed E-state index contributed by atoms with van der Waals surface area (Å²) in [5, 5.41) is 3.44. The number of aromatic nitrogens is 2. The zero-order valence-electron chi connectivity index (χ0n) is 11.6. The fourth-order valence-corrected chi connectivity index (χ4v) is 2.70. The molecule has 19 heavy (non-hydrogen) atoms. The molecule has 1 fully saturated rings. The van der Waals surface area contributed by atoms with Gasteiger partial charge in [0.1, 0.15) is 0 Å². The molecule has 0 aliphatic heterocycles. The predicted molar refractivity (Wildman–Crippen MR) is 77.0 cm³/mol. The van der Waals surface area contributed by atoms with E-state index in [0.717, 1.165) is 18.2 Å². The Labute approximate surface area is 114 Å². The average molecular weight is 255 g/mol. The number of hydrogen-bond acceptors (Lipinski definition) is 2. The van der Waals surface area contributed by atoms with Crippen molar-refractivity contribution in [2.24, 2.45) is 5.92 Å². The van der Waals surface area contributed by atoms with Gasteiger partial charge in [-0.3, -0.25) is 4.98 Å². The first kappa shape index (κ1) is 12.4. The van der Waals surface area contributed by atoms with Gasteiger partial charge in [-0.05, 0) is 56.0 Å². The van der Waals surface area contributed by atoms with Crippen LogP contribution in [0.4, 0.5) is 0 Å². The second-order valence-electron chi connectivity index (χ2n) is 5.49. The average Bonchev–Trinajstić information content (AvgIpc) is 3.14. The van der Waals surface area contributed by atoms with Crippen LogP contribution in [0, 0.1) is 12.8 Å². The number of pyridine rings is 1. The van der Waals surface area contributed by atoms with E-state index in [1.807, 2.05) is 12.3 Å². The summed E-state index contributed by atoms with van der Waals surface area (Å²) in [5.74, 6) is 0.831. The molecule has 2 aromatic rings. The predicted octanol–water partition coefficient (Wildman–Crippen LogP) is 2.91. The van der Waals surface area contributed by atoms with E-state index in [1.165, 1.54) is 24.0 Å². The zero-order valence-corrected chi connectivity index (χ0v) is 11.6. The first-order valence-corrected chi connectivity index (χ1v) is 7.01. The summed E-state index contributed by atoms with van der Waals surface area (Å²) in [6.07, 6.45) is 9.00. The summed E-state index contributed by atoms with van der Waals surface area (Å²) in [6, 6.07) is 6.86. The minimum absolute atomic E-state index is 0.520. The third-order valence-electron chi connectivity index (χ3n) is 3.99. The molecule has 1 atom stereocenters. The van der Waals surface area contributed by atoms with E-state index in [4.69, 9.17) is 0 Å². The van der Waals surface area contributed by atoms with Crippen molar-refractivity contribution in [1.29, 1.82) is 0 Å². The van der Waals surface area contributed by atoms with Crippen molar-refractivity contribution < 1.29 is 0 Å². The van der Waals surface area contributed by atoms with Crippen LogP contribution in [-0.2, 0) is 6.54 Å². The smallest absolute Gasteiger partial charge is 0.0645 e. The van der Waals surface area contributed by atoms with Gasteiger partial charge in [-0.15, -0.1) is 0 Å². The monoisotopic (exact) mass is 255 g/mol. The Morgan fingerprint density at radius 3 is 2.95 bits per heavy atom. The molecule has 1 unspecified atom stereocenters. The van der Waals surface area contributed by atoms with Gasteiger partial charge in [-0.1, -0.05) is 6.07 Å².